The minimum absolute atomic E-state index is 0.187. The minimum Gasteiger partial charge on any atom is -0.506 e. The molecule has 156 valence electrons. The summed E-state index contributed by atoms with van der Waals surface area (Å²) < 4.78 is 20.0. The predicted octanol–water partition coefficient (Wildman–Crippen LogP) is 3.80. The number of aryl methyl sites for hydroxylation is 1. The molecular weight excluding hydrogens is 401 g/mol. The highest BCUT2D eigenvalue weighted by molar-refractivity contribution is 6.09. The Hall–Kier alpha value is -4.20. The summed E-state index contributed by atoms with van der Waals surface area (Å²) in [5, 5.41) is 13.5. The average molecular weight is 419 g/mol. The van der Waals surface area contributed by atoms with Crippen LogP contribution in [0.1, 0.15) is 15.9 Å². The molecule has 0 radical (unpaired) electrons. The van der Waals surface area contributed by atoms with E-state index in [2.05, 4.69) is 10.3 Å². The molecule has 0 fully saturated rings. The Balaban J connectivity index is 1.92. The van der Waals surface area contributed by atoms with Crippen LogP contribution >= 0.6 is 0 Å². The van der Waals surface area contributed by atoms with Gasteiger partial charge in [-0.3, -0.25) is 14.2 Å². The normalized spacial score (nSPS) is 10.8. The van der Waals surface area contributed by atoms with Crippen molar-refractivity contribution < 1.29 is 19.0 Å². The number of methoxy groups -OCH3 is 1. The van der Waals surface area contributed by atoms with Crippen molar-refractivity contribution in [2.45, 2.75) is 6.92 Å². The Kier molecular flexibility index (Phi) is 5.12. The maximum absolute atomic E-state index is 13.5. The van der Waals surface area contributed by atoms with Crippen molar-refractivity contribution in [2.24, 2.45) is 0 Å². The maximum Gasteiger partial charge on any atom is 0.273 e. The number of hydrogen-bond donors (Lipinski definition) is 2. The number of nitrogens with one attached hydrogen (secondary N) is 1. The summed E-state index contributed by atoms with van der Waals surface area (Å²) in [6.45, 7) is 1.56. The second-order valence-corrected chi connectivity index (χ2v) is 6.86. The van der Waals surface area contributed by atoms with E-state index < -0.39 is 28.6 Å². The quantitative estimate of drug-likeness (QED) is 0.525. The van der Waals surface area contributed by atoms with Gasteiger partial charge in [0.25, 0.3) is 11.5 Å². The van der Waals surface area contributed by atoms with Crippen LogP contribution < -0.4 is 15.6 Å². The number of halogens is 1. The molecule has 2 aromatic heterocycles. The predicted molar refractivity (Wildman–Crippen MR) is 115 cm³/mol. The lowest BCUT2D eigenvalue weighted by Gasteiger charge is -2.15. The lowest BCUT2D eigenvalue weighted by molar-refractivity contribution is 0.102. The number of carbonyl (C=O) groups is 1. The van der Waals surface area contributed by atoms with Crippen molar-refractivity contribution in [3.8, 4) is 17.2 Å². The first kappa shape index (κ1) is 20.1. The summed E-state index contributed by atoms with van der Waals surface area (Å²) in [4.78, 5) is 30.6. The molecule has 0 spiro atoms. The Morgan fingerprint density at radius 3 is 2.71 bits per heavy atom. The molecule has 31 heavy (non-hydrogen) atoms. The van der Waals surface area contributed by atoms with Crippen LogP contribution in [0.2, 0.25) is 0 Å². The van der Waals surface area contributed by atoms with Crippen molar-refractivity contribution in [2.75, 3.05) is 12.4 Å². The van der Waals surface area contributed by atoms with Crippen LogP contribution in [-0.4, -0.2) is 27.7 Å². The number of hydrogen-bond acceptors (Lipinski definition) is 5. The first-order valence-electron chi connectivity index (χ1n) is 9.35. The van der Waals surface area contributed by atoms with Gasteiger partial charge in [0.15, 0.2) is 5.65 Å². The van der Waals surface area contributed by atoms with E-state index >= 15 is 0 Å². The molecule has 0 bridgehead atoms. The molecule has 0 aliphatic rings. The topological polar surface area (TPSA) is 93.5 Å². The molecule has 0 saturated heterocycles. The van der Waals surface area contributed by atoms with E-state index in [1.165, 1.54) is 36.1 Å². The molecule has 0 unspecified atom stereocenters. The number of pyridine rings is 2. The Morgan fingerprint density at radius 1 is 1.16 bits per heavy atom. The summed E-state index contributed by atoms with van der Waals surface area (Å²) in [5.41, 5.74) is 0.0196. The average Bonchev–Trinajstić information content (AvgIpc) is 2.76. The van der Waals surface area contributed by atoms with E-state index in [4.69, 9.17) is 4.74 Å². The van der Waals surface area contributed by atoms with Gasteiger partial charge in [0.05, 0.1) is 18.2 Å². The Bertz CT molecular complexity index is 1380. The maximum atomic E-state index is 13.5. The number of carbonyl (C=O) groups excluding carboxylic acids is 1. The third-order valence-corrected chi connectivity index (χ3v) is 4.86. The van der Waals surface area contributed by atoms with Crippen LogP contribution in [0.5, 0.6) is 11.5 Å². The second-order valence-electron chi connectivity index (χ2n) is 6.86. The van der Waals surface area contributed by atoms with Gasteiger partial charge in [-0.1, -0.05) is 6.07 Å². The Labute approximate surface area is 176 Å². The number of benzene rings is 2. The number of rotatable bonds is 4. The molecule has 0 aliphatic heterocycles. The fourth-order valence-electron chi connectivity index (χ4n) is 3.31. The third-order valence-electron chi connectivity index (χ3n) is 4.86. The minimum atomic E-state index is -0.823. The fourth-order valence-corrected chi connectivity index (χ4v) is 3.31. The van der Waals surface area contributed by atoms with Gasteiger partial charge in [0.1, 0.15) is 22.9 Å². The van der Waals surface area contributed by atoms with E-state index in [1.54, 1.807) is 43.3 Å². The summed E-state index contributed by atoms with van der Waals surface area (Å²) in [6, 6.07) is 13.9. The lowest BCUT2D eigenvalue weighted by atomic mass is 10.1. The number of anilines is 1. The number of fused-ring (bicyclic) bond motifs is 1. The van der Waals surface area contributed by atoms with Crippen LogP contribution in [-0.2, 0) is 0 Å². The van der Waals surface area contributed by atoms with E-state index in [0.717, 1.165) is 0 Å². The highest BCUT2D eigenvalue weighted by Gasteiger charge is 2.24. The number of aromatic nitrogens is 2. The molecule has 7 nitrogen and oxygen atoms in total. The van der Waals surface area contributed by atoms with Gasteiger partial charge < -0.3 is 15.2 Å². The first-order chi connectivity index (χ1) is 14.9. The van der Waals surface area contributed by atoms with Crippen molar-refractivity contribution in [3.05, 3.63) is 88.1 Å². The lowest BCUT2D eigenvalue weighted by Crippen LogP contribution is -2.29. The monoisotopic (exact) mass is 419 g/mol. The smallest absolute Gasteiger partial charge is 0.273 e. The molecule has 8 heteroatoms. The van der Waals surface area contributed by atoms with Crippen molar-refractivity contribution in [1.29, 1.82) is 0 Å². The van der Waals surface area contributed by atoms with Crippen molar-refractivity contribution >= 4 is 22.6 Å². The number of aromatic hydroxyl groups is 1. The standard InChI is InChI=1S/C23H18FN3O4/c1-13-11-14(8-9-18(13)24)26-22(29)19-20(28)17-7-4-10-25-21(17)27(23(19)30)15-5-3-6-16(12-15)31-2/h3-12,28H,1-2H3,(H,26,29). The molecule has 2 N–H and O–H groups in total. The van der Waals surface area contributed by atoms with Gasteiger partial charge in [-0.15, -0.1) is 0 Å². The Morgan fingerprint density at radius 2 is 1.97 bits per heavy atom. The number of nitrogens with zero attached hydrogens (tertiary/aromatic N) is 2. The summed E-state index contributed by atoms with van der Waals surface area (Å²) in [6.07, 6.45) is 1.49. The van der Waals surface area contributed by atoms with Crippen LogP contribution in [0.15, 0.2) is 65.6 Å². The zero-order chi connectivity index (χ0) is 22.1. The highest BCUT2D eigenvalue weighted by atomic mass is 19.1. The van der Waals surface area contributed by atoms with Crippen molar-refractivity contribution in [1.82, 2.24) is 9.55 Å². The summed E-state index contributed by atoms with van der Waals surface area (Å²) >= 11 is 0. The van der Waals surface area contributed by atoms with Gasteiger partial charge in [0.2, 0.25) is 0 Å². The molecular formula is C23H18FN3O4. The van der Waals surface area contributed by atoms with Crippen LogP contribution in [0.25, 0.3) is 16.7 Å². The fraction of sp³-hybridized carbons (Fsp3) is 0.0870. The third kappa shape index (κ3) is 3.59. The van der Waals surface area contributed by atoms with Crippen LogP contribution in [0.4, 0.5) is 10.1 Å². The van der Waals surface area contributed by atoms with Gasteiger partial charge in [-0.25, -0.2) is 9.37 Å². The van der Waals surface area contributed by atoms with Gasteiger partial charge in [-0.2, -0.15) is 0 Å². The summed E-state index contributed by atoms with van der Waals surface area (Å²) in [7, 11) is 1.50. The van der Waals surface area contributed by atoms with Gasteiger partial charge >= 0.3 is 0 Å². The SMILES string of the molecule is COc1cccc(-n2c(=O)c(C(=O)Nc3ccc(F)c(C)c3)c(O)c3cccnc32)c1. The number of amides is 1. The zero-order valence-corrected chi connectivity index (χ0v) is 16.7. The number of ether oxygens (including phenoxy) is 1. The zero-order valence-electron chi connectivity index (χ0n) is 16.7. The van der Waals surface area contributed by atoms with Crippen LogP contribution in [0, 0.1) is 12.7 Å². The molecule has 2 heterocycles. The van der Waals surface area contributed by atoms with Crippen molar-refractivity contribution in [3.63, 3.8) is 0 Å². The summed E-state index contributed by atoms with van der Waals surface area (Å²) in [5.74, 6) is -1.22. The first-order valence-corrected chi connectivity index (χ1v) is 9.35. The van der Waals surface area contributed by atoms with E-state index in [0.29, 0.717) is 22.7 Å². The largest absolute Gasteiger partial charge is 0.506 e. The molecule has 4 rings (SSSR count). The molecule has 1 amide bonds. The van der Waals surface area contributed by atoms with Gasteiger partial charge in [-0.05, 0) is 55.0 Å². The van der Waals surface area contributed by atoms with Crippen LogP contribution in [0.3, 0.4) is 0 Å². The van der Waals surface area contributed by atoms with Gasteiger partial charge in [0, 0.05) is 18.0 Å². The molecule has 0 saturated carbocycles. The molecule has 0 atom stereocenters. The molecule has 2 aromatic carbocycles. The van der Waals surface area contributed by atoms with E-state index in [-0.39, 0.29) is 11.0 Å². The van der Waals surface area contributed by atoms with E-state index in [1.807, 2.05) is 0 Å². The molecule has 0 aliphatic carbocycles. The van der Waals surface area contributed by atoms with E-state index in [9.17, 15) is 19.1 Å². The second kappa shape index (κ2) is 7.91. The molecule has 4 aromatic rings. The highest BCUT2D eigenvalue weighted by Crippen LogP contribution is 2.28.